The van der Waals surface area contributed by atoms with E-state index in [1.54, 1.807) is 0 Å². The molecule has 0 saturated carbocycles. The van der Waals surface area contributed by atoms with Gasteiger partial charge in [-0.15, -0.1) is 0 Å². The molecule has 94 valence electrons. The number of allylic oxidation sites excluding steroid dienone is 1. The van der Waals surface area contributed by atoms with Crippen LogP contribution in [0.4, 0.5) is 0 Å². The van der Waals surface area contributed by atoms with Gasteiger partial charge in [0, 0.05) is 6.61 Å². The fraction of sp³-hybridized carbons (Fsp3) is 0.846. The van der Waals surface area contributed by atoms with Crippen LogP contribution in [-0.2, 0) is 9.47 Å². The van der Waals surface area contributed by atoms with Crippen LogP contribution >= 0.6 is 15.9 Å². The molecule has 0 aromatic carbocycles. The van der Waals surface area contributed by atoms with E-state index in [9.17, 15) is 0 Å². The molecule has 0 N–H and O–H groups in total. The van der Waals surface area contributed by atoms with Gasteiger partial charge in [-0.2, -0.15) is 0 Å². The number of ether oxygens (including phenoxy) is 2. The largest absolute Gasteiger partial charge is 0.353 e. The second-order valence-electron chi connectivity index (χ2n) is 4.26. The summed E-state index contributed by atoms with van der Waals surface area (Å²) in [4.78, 5) is 0. The Kier molecular flexibility index (Phi) is 7.33. The molecule has 0 amide bonds. The first-order valence-corrected chi connectivity index (χ1v) is 7.15. The summed E-state index contributed by atoms with van der Waals surface area (Å²) in [5.41, 5.74) is 0. The van der Waals surface area contributed by atoms with Gasteiger partial charge in [-0.3, -0.25) is 0 Å². The Bertz CT molecular complexity index is 216. The van der Waals surface area contributed by atoms with Crippen molar-refractivity contribution < 1.29 is 9.47 Å². The second kappa shape index (κ2) is 8.26. The molecule has 0 heterocycles. The van der Waals surface area contributed by atoms with E-state index in [1.165, 1.54) is 30.2 Å². The van der Waals surface area contributed by atoms with Crippen molar-refractivity contribution in [3.63, 3.8) is 0 Å². The first-order chi connectivity index (χ1) is 7.72. The molecule has 0 fully saturated rings. The van der Waals surface area contributed by atoms with Crippen LogP contribution in [0, 0.1) is 0 Å². The van der Waals surface area contributed by atoms with Crippen molar-refractivity contribution in [3.05, 3.63) is 10.6 Å². The maximum Gasteiger partial charge on any atom is 0.155 e. The molecule has 1 aliphatic rings. The molecule has 16 heavy (non-hydrogen) atoms. The van der Waals surface area contributed by atoms with Crippen molar-refractivity contribution in [1.82, 2.24) is 0 Å². The molecule has 0 saturated heterocycles. The van der Waals surface area contributed by atoms with Crippen molar-refractivity contribution in [2.45, 2.75) is 64.8 Å². The lowest BCUT2D eigenvalue weighted by molar-refractivity contribution is -0.147. The highest BCUT2D eigenvalue weighted by Gasteiger charge is 2.13. The Morgan fingerprint density at radius 2 is 2.12 bits per heavy atom. The van der Waals surface area contributed by atoms with Crippen LogP contribution in [0.15, 0.2) is 10.6 Å². The van der Waals surface area contributed by atoms with Gasteiger partial charge < -0.3 is 9.47 Å². The molecule has 2 atom stereocenters. The van der Waals surface area contributed by atoms with Gasteiger partial charge in [-0.25, -0.2) is 0 Å². The lowest BCUT2D eigenvalue weighted by Gasteiger charge is -2.19. The van der Waals surface area contributed by atoms with E-state index in [2.05, 4.69) is 22.0 Å². The van der Waals surface area contributed by atoms with Crippen LogP contribution in [0.5, 0.6) is 0 Å². The molecule has 3 heteroatoms. The van der Waals surface area contributed by atoms with Gasteiger partial charge in [0.1, 0.15) is 0 Å². The summed E-state index contributed by atoms with van der Waals surface area (Å²) in [6.45, 7) is 4.67. The second-order valence-corrected chi connectivity index (χ2v) is 5.28. The summed E-state index contributed by atoms with van der Waals surface area (Å²) < 4.78 is 12.6. The third-order valence-corrected chi connectivity index (χ3v) is 3.45. The Labute approximate surface area is 108 Å². The van der Waals surface area contributed by atoms with Crippen molar-refractivity contribution >= 4 is 15.9 Å². The van der Waals surface area contributed by atoms with E-state index >= 15 is 0 Å². The predicted octanol–water partition coefficient (Wildman–Crippen LogP) is 4.39. The summed E-state index contributed by atoms with van der Waals surface area (Å²) >= 11 is 3.62. The average molecular weight is 291 g/mol. The normalized spacial score (nSPS) is 28.4. The van der Waals surface area contributed by atoms with Crippen molar-refractivity contribution in [1.29, 1.82) is 0 Å². The lowest BCUT2D eigenvalue weighted by atomic mass is 10.1. The highest BCUT2D eigenvalue weighted by Crippen LogP contribution is 2.23. The maximum atomic E-state index is 5.86. The minimum atomic E-state index is -0.104. The van der Waals surface area contributed by atoms with Gasteiger partial charge in [0.15, 0.2) is 6.29 Å². The molecule has 0 aromatic rings. The number of hydrogen-bond acceptors (Lipinski definition) is 2. The fourth-order valence-corrected chi connectivity index (χ4v) is 2.56. The standard InChI is InChI=1S/C13H23BrO2/c1-3-15-11(2)16-13-9-7-5-4-6-8-12(14)10-13/h10-11,13H,3-9H2,1-2H3/b12-10+. The number of rotatable bonds is 4. The number of hydrogen-bond donors (Lipinski definition) is 0. The van der Waals surface area contributed by atoms with Gasteiger partial charge in [-0.05, 0) is 43.7 Å². The van der Waals surface area contributed by atoms with Crippen LogP contribution in [0.3, 0.4) is 0 Å². The summed E-state index contributed by atoms with van der Waals surface area (Å²) in [6.07, 6.45) is 9.73. The van der Waals surface area contributed by atoms with Crippen molar-refractivity contribution in [3.8, 4) is 0 Å². The van der Waals surface area contributed by atoms with Crippen LogP contribution in [0.2, 0.25) is 0 Å². The lowest BCUT2D eigenvalue weighted by Crippen LogP contribution is -2.21. The van der Waals surface area contributed by atoms with Gasteiger partial charge in [0.2, 0.25) is 0 Å². The van der Waals surface area contributed by atoms with Gasteiger partial charge in [-0.1, -0.05) is 35.2 Å². The fourth-order valence-electron chi connectivity index (χ4n) is 1.99. The third-order valence-electron chi connectivity index (χ3n) is 2.79. The average Bonchev–Trinajstić information content (AvgIpc) is 2.31. The molecule has 0 aromatic heterocycles. The summed E-state index contributed by atoms with van der Waals surface area (Å²) in [5, 5.41) is 0. The molecule has 0 aliphatic heterocycles. The smallest absolute Gasteiger partial charge is 0.155 e. The minimum absolute atomic E-state index is 0.104. The minimum Gasteiger partial charge on any atom is -0.353 e. The van der Waals surface area contributed by atoms with Gasteiger partial charge in [0.05, 0.1) is 6.10 Å². The molecule has 0 radical (unpaired) electrons. The molecule has 1 rings (SSSR count). The van der Waals surface area contributed by atoms with Crippen LogP contribution < -0.4 is 0 Å². The monoisotopic (exact) mass is 290 g/mol. The molecule has 1 aliphatic carbocycles. The highest BCUT2D eigenvalue weighted by atomic mass is 79.9. The van der Waals surface area contributed by atoms with Crippen LogP contribution in [-0.4, -0.2) is 19.0 Å². The molecule has 0 spiro atoms. The molecule has 0 bridgehead atoms. The molecular formula is C13H23BrO2. The van der Waals surface area contributed by atoms with Crippen molar-refractivity contribution in [2.24, 2.45) is 0 Å². The van der Waals surface area contributed by atoms with E-state index < -0.39 is 0 Å². The van der Waals surface area contributed by atoms with E-state index in [0.717, 1.165) is 12.8 Å². The molecule has 2 unspecified atom stereocenters. The Morgan fingerprint density at radius 1 is 1.38 bits per heavy atom. The Balaban J connectivity index is 2.46. The topological polar surface area (TPSA) is 18.5 Å². The van der Waals surface area contributed by atoms with E-state index in [1.807, 2.05) is 13.8 Å². The van der Waals surface area contributed by atoms with E-state index in [4.69, 9.17) is 9.47 Å². The van der Waals surface area contributed by atoms with E-state index in [-0.39, 0.29) is 12.4 Å². The quantitative estimate of drug-likeness (QED) is 0.715. The first-order valence-electron chi connectivity index (χ1n) is 6.35. The summed E-state index contributed by atoms with van der Waals surface area (Å²) in [7, 11) is 0. The zero-order valence-electron chi connectivity index (χ0n) is 10.4. The first kappa shape index (κ1) is 14.2. The van der Waals surface area contributed by atoms with Crippen molar-refractivity contribution in [2.75, 3.05) is 6.61 Å². The SMILES string of the molecule is CCOC(C)OC1/C=C(/Br)CCCCCC1. The zero-order chi connectivity index (χ0) is 11.8. The molecular weight excluding hydrogens is 268 g/mol. The summed E-state index contributed by atoms with van der Waals surface area (Å²) in [6, 6.07) is 0. The third kappa shape index (κ3) is 6.02. The van der Waals surface area contributed by atoms with Crippen LogP contribution in [0.1, 0.15) is 52.4 Å². The molecule has 2 nitrogen and oxygen atoms in total. The van der Waals surface area contributed by atoms with Gasteiger partial charge >= 0.3 is 0 Å². The maximum absolute atomic E-state index is 5.86. The predicted molar refractivity (Wildman–Crippen MR) is 70.7 cm³/mol. The van der Waals surface area contributed by atoms with Gasteiger partial charge in [0.25, 0.3) is 0 Å². The van der Waals surface area contributed by atoms with Crippen LogP contribution in [0.25, 0.3) is 0 Å². The highest BCUT2D eigenvalue weighted by molar-refractivity contribution is 9.11. The van der Waals surface area contributed by atoms with E-state index in [0.29, 0.717) is 6.61 Å². The Hall–Kier alpha value is 0.140. The zero-order valence-corrected chi connectivity index (χ0v) is 12.0. The number of halogens is 1. The summed E-state index contributed by atoms with van der Waals surface area (Å²) in [5.74, 6) is 0. The Morgan fingerprint density at radius 3 is 2.88 bits per heavy atom.